The molecule has 0 saturated carbocycles. The number of amides is 1. The Hall–Kier alpha value is -2.91. The van der Waals surface area contributed by atoms with Gasteiger partial charge in [0, 0.05) is 18.8 Å². The Balaban J connectivity index is 1.70. The summed E-state index contributed by atoms with van der Waals surface area (Å²) in [6, 6.07) is 29.2. The van der Waals surface area contributed by atoms with E-state index in [0.717, 1.165) is 23.2 Å². The summed E-state index contributed by atoms with van der Waals surface area (Å²) >= 11 is 0. The maximum absolute atomic E-state index is 13.6. The van der Waals surface area contributed by atoms with E-state index in [1.165, 1.54) is 5.56 Å². The highest BCUT2D eigenvalue weighted by Crippen LogP contribution is 2.56. The number of nitrogens with one attached hydrogen (secondary N) is 1. The summed E-state index contributed by atoms with van der Waals surface area (Å²) in [5.41, 5.74) is 3.98. The summed E-state index contributed by atoms with van der Waals surface area (Å²) < 4.78 is 0. The molecule has 1 N–H and O–H groups in total. The lowest BCUT2D eigenvalue weighted by Gasteiger charge is -2.30. The van der Waals surface area contributed by atoms with Gasteiger partial charge in [-0.15, -0.1) is 0 Å². The number of anilines is 1. The first kappa shape index (κ1) is 16.3. The van der Waals surface area contributed by atoms with E-state index >= 15 is 0 Å². The van der Waals surface area contributed by atoms with E-state index in [1.807, 2.05) is 36.2 Å². The van der Waals surface area contributed by atoms with Crippen LogP contribution in [0.4, 0.5) is 5.69 Å². The van der Waals surface area contributed by atoms with Crippen LogP contribution in [0.3, 0.4) is 0 Å². The van der Waals surface area contributed by atoms with E-state index in [-0.39, 0.29) is 18.0 Å². The molecule has 3 heteroatoms. The van der Waals surface area contributed by atoms with Crippen molar-refractivity contribution in [2.75, 3.05) is 11.9 Å². The molecule has 5 rings (SSSR count). The van der Waals surface area contributed by atoms with E-state index in [2.05, 4.69) is 66.0 Å². The highest BCUT2D eigenvalue weighted by molar-refractivity contribution is 6.08. The topological polar surface area (TPSA) is 32.3 Å². The van der Waals surface area contributed by atoms with Gasteiger partial charge in [-0.2, -0.15) is 0 Å². The number of hydrogen-bond acceptors (Lipinski definition) is 2. The monoisotopic (exact) mass is 354 g/mol. The van der Waals surface area contributed by atoms with Crippen LogP contribution in [-0.2, 0) is 10.2 Å². The van der Waals surface area contributed by atoms with Crippen molar-refractivity contribution in [3.8, 4) is 0 Å². The summed E-state index contributed by atoms with van der Waals surface area (Å²) in [5.74, 6) is 0.184. The number of hydrogen-bond donors (Lipinski definition) is 1. The molecule has 3 aromatic carbocycles. The van der Waals surface area contributed by atoms with Gasteiger partial charge in [0.05, 0.1) is 11.5 Å². The molecule has 2 aliphatic rings. The third kappa shape index (κ3) is 2.28. The summed E-state index contributed by atoms with van der Waals surface area (Å²) in [6.45, 7) is 0. The molecule has 0 unspecified atom stereocenters. The quantitative estimate of drug-likeness (QED) is 0.741. The third-order valence-electron chi connectivity index (χ3n) is 6.15. The Morgan fingerprint density at radius 1 is 0.852 bits per heavy atom. The minimum absolute atomic E-state index is 0.0532. The van der Waals surface area contributed by atoms with Crippen molar-refractivity contribution in [2.24, 2.45) is 0 Å². The number of fused-ring (bicyclic) bond motifs is 2. The van der Waals surface area contributed by atoms with Gasteiger partial charge in [-0.25, -0.2) is 0 Å². The van der Waals surface area contributed by atoms with Crippen LogP contribution in [0, 0.1) is 0 Å². The van der Waals surface area contributed by atoms with Crippen LogP contribution >= 0.6 is 0 Å². The number of benzene rings is 3. The summed E-state index contributed by atoms with van der Waals surface area (Å²) in [5, 5.41) is 3.80. The summed E-state index contributed by atoms with van der Waals surface area (Å²) in [6.07, 6.45) is 0.761. The molecule has 1 spiro atoms. The first-order chi connectivity index (χ1) is 13.2. The van der Waals surface area contributed by atoms with Gasteiger partial charge in [0.1, 0.15) is 0 Å². The van der Waals surface area contributed by atoms with Gasteiger partial charge in [0.15, 0.2) is 0 Å². The fraction of sp³-hybridized carbons (Fsp3) is 0.208. The van der Waals surface area contributed by atoms with Crippen molar-refractivity contribution in [2.45, 2.75) is 23.9 Å². The van der Waals surface area contributed by atoms with E-state index in [0.29, 0.717) is 0 Å². The van der Waals surface area contributed by atoms with Crippen molar-refractivity contribution < 1.29 is 4.79 Å². The number of carbonyl (C=O) groups is 1. The lowest BCUT2D eigenvalue weighted by Crippen LogP contribution is -2.42. The van der Waals surface area contributed by atoms with Crippen molar-refractivity contribution >= 4 is 11.6 Å². The number of carbonyl (C=O) groups excluding carboxylic acids is 1. The van der Waals surface area contributed by atoms with Crippen molar-refractivity contribution in [1.82, 2.24) is 5.32 Å². The Morgan fingerprint density at radius 3 is 2.15 bits per heavy atom. The first-order valence-corrected chi connectivity index (χ1v) is 9.45. The van der Waals surface area contributed by atoms with Gasteiger partial charge in [-0.3, -0.25) is 4.79 Å². The highest BCUT2D eigenvalue weighted by Gasteiger charge is 2.59. The number of para-hydroxylation sites is 1. The predicted molar refractivity (Wildman–Crippen MR) is 108 cm³/mol. The lowest BCUT2D eigenvalue weighted by molar-refractivity contribution is -0.123. The molecule has 1 fully saturated rings. The normalized spacial score (nSPS) is 26.6. The zero-order valence-corrected chi connectivity index (χ0v) is 15.3. The average Bonchev–Trinajstić information content (AvgIpc) is 3.24. The summed E-state index contributed by atoms with van der Waals surface area (Å²) in [7, 11) is 1.90. The fourth-order valence-electron chi connectivity index (χ4n) is 4.91. The van der Waals surface area contributed by atoms with Crippen LogP contribution in [0.1, 0.15) is 35.2 Å². The number of rotatable bonds is 2. The Labute approximate surface area is 159 Å². The maximum atomic E-state index is 13.6. The largest absolute Gasteiger partial charge is 0.314 e. The molecule has 1 saturated heterocycles. The van der Waals surface area contributed by atoms with Gasteiger partial charge in [-0.1, -0.05) is 78.9 Å². The molecule has 1 amide bonds. The molecule has 0 bridgehead atoms. The lowest BCUT2D eigenvalue weighted by atomic mass is 9.72. The smallest absolute Gasteiger partial charge is 0.239 e. The Morgan fingerprint density at radius 2 is 1.44 bits per heavy atom. The molecular formula is C24H22N2O. The van der Waals surface area contributed by atoms with Crippen molar-refractivity contribution in [3.63, 3.8) is 0 Å². The zero-order valence-electron chi connectivity index (χ0n) is 15.3. The molecule has 2 heterocycles. The molecule has 27 heavy (non-hydrogen) atoms. The van der Waals surface area contributed by atoms with Crippen LogP contribution in [0.2, 0.25) is 0 Å². The second kappa shape index (κ2) is 6.07. The molecular weight excluding hydrogens is 332 g/mol. The SMILES string of the molecule is CN1C(=O)[C@]2(C[C@@H](c3ccccc3)N[C@H]2c2ccccc2)c2ccccc21. The standard InChI is InChI=1S/C24H22N2O/c1-26-21-15-9-8-14-19(21)24(23(26)27)16-20(17-10-4-2-5-11-17)25-22(24)18-12-6-3-7-13-18/h2-15,20,22,25H,16H2,1H3/t20-,22-,24+/m0/s1. The maximum Gasteiger partial charge on any atom is 0.239 e. The molecule has 0 aliphatic carbocycles. The van der Waals surface area contributed by atoms with Crippen LogP contribution in [0.25, 0.3) is 0 Å². The van der Waals surface area contributed by atoms with Gasteiger partial charge >= 0.3 is 0 Å². The molecule has 3 nitrogen and oxygen atoms in total. The minimum atomic E-state index is -0.576. The Kier molecular flexibility index (Phi) is 3.66. The molecule has 0 radical (unpaired) electrons. The molecule has 0 aromatic heterocycles. The molecule has 3 aromatic rings. The molecule has 2 aliphatic heterocycles. The van der Waals surface area contributed by atoms with Gasteiger partial charge in [0.2, 0.25) is 5.91 Å². The van der Waals surface area contributed by atoms with Crippen molar-refractivity contribution in [3.05, 3.63) is 102 Å². The molecule has 134 valence electrons. The first-order valence-electron chi connectivity index (χ1n) is 9.45. The third-order valence-corrected chi connectivity index (χ3v) is 6.15. The van der Waals surface area contributed by atoms with Crippen LogP contribution in [0.5, 0.6) is 0 Å². The average molecular weight is 354 g/mol. The van der Waals surface area contributed by atoms with Crippen LogP contribution in [0.15, 0.2) is 84.9 Å². The van der Waals surface area contributed by atoms with Crippen molar-refractivity contribution in [1.29, 1.82) is 0 Å². The minimum Gasteiger partial charge on any atom is -0.314 e. The predicted octanol–water partition coefficient (Wildman–Crippen LogP) is 4.38. The summed E-state index contributed by atoms with van der Waals surface area (Å²) in [4.78, 5) is 15.5. The van der Waals surface area contributed by atoms with Gasteiger partial charge < -0.3 is 10.2 Å². The highest BCUT2D eigenvalue weighted by atomic mass is 16.2. The van der Waals surface area contributed by atoms with E-state index in [1.54, 1.807) is 0 Å². The van der Waals surface area contributed by atoms with E-state index in [4.69, 9.17) is 0 Å². The zero-order chi connectivity index (χ0) is 18.4. The number of likely N-dealkylation sites (N-methyl/N-ethyl adjacent to an activating group) is 1. The van der Waals surface area contributed by atoms with Crippen LogP contribution < -0.4 is 10.2 Å². The fourth-order valence-corrected chi connectivity index (χ4v) is 4.91. The Bertz CT molecular complexity index is 986. The van der Waals surface area contributed by atoms with E-state index in [9.17, 15) is 4.79 Å². The van der Waals surface area contributed by atoms with E-state index < -0.39 is 5.41 Å². The van der Waals surface area contributed by atoms with Gasteiger partial charge in [0.25, 0.3) is 0 Å². The second-order valence-corrected chi connectivity index (χ2v) is 7.53. The molecule has 3 atom stereocenters. The number of nitrogens with zero attached hydrogens (tertiary/aromatic N) is 1. The second-order valence-electron chi connectivity index (χ2n) is 7.53. The van der Waals surface area contributed by atoms with Gasteiger partial charge in [-0.05, 0) is 29.2 Å². The van der Waals surface area contributed by atoms with Crippen LogP contribution in [-0.4, -0.2) is 13.0 Å².